The second-order valence-electron chi connectivity index (χ2n) is 6.48. The van der Waals surface area contributed by atoms with Crippen molar-refractivity contribution in [1.82, 2.24) is 19.3 Å². The Kier molecular flexibility index (Phi) is 4.23. The molecule has 0 fully saturated rings. The standard InChI is InChI=1S/C19H17N5OS2/c25-18(15-4-3-9-26-15)22-19-21-14-6-8-23(12-16(14)27-19)10-13-11-24-7-2-1-5-17(24)20-13/h1-5,7,9,11H,6,8,10,12H2,(H,21,22,25). The molecule has 0 aliphatic carbocycles. The number of nitrogens with zero attached hydrogens (tertiary/aromatic N) is 4. The first-order valence-corrected chi connectivity index (χ1v) is 10.4. The first-order chi connectivity index (χ1) is 13.2. The van der Waals surface area contributed by atoms with Crippen molar-refractivity contribution in [3.8, 4) is 0 Å². The van der Waals surface area contributed by atoms with Gasteiger partial charge in [0.25, 0.3) is 5.91 Å². The number of anilines is 1. The van der Waals surface area contributed by atoms with Crippen LogP contribution in [0.4, 0.5) is 5.13 Å². The van der Waals surface area contributed by atoms with Crippen molar-refractivity contribution in [2.45, 2.75) is 19.5 Å². The largest absolute Gasteiger partial charge is 0.307 e. The number of carbonyl (C=O) groups excluding carboxylic acids is 1. The minimum Gasteiger partial charge on any atom is -0.307 e. The van der Waals surface area contributed by atoms with Gasteiger partial charge in [0.1, 0.15) is 5.65 Å². The molecule has 0 aromatic carbocycles. The number of pyridine rings is 1. The van der Waals surface area contributed by atoms with E-state index in [1.807, 2.05) is 41.9 Å². The Labute approximate surface area is 164 Å². The second-order valence-corrected chi connectivity index (χ2v) is 8.51. The number of fused-ring (bicyclic) bond motifs is 2. The third kappa shape index (κ3) is 3.39. The predicted octanol–water partition coefficient (Wildman–Crippen LogP) is 3.66. The van der Waals surface area contributed by atoms with Gasteiger partial charge < -0.3 is 4.40 Å². The van der Waals surface area contributed by atoms with Gasteiger partial charge in [0.2, 0.25) is 0 Å². The number of hydrogen-bond donors (Lipinski definition) is 1. The molecule has 1 aliphatic rings. The molecule has 1 aliphatic heterocycles. The van der Waals surface area contributed by atoms with Gasteiger partial charge in [-0.15, -0.1) is 22.7 Å². The highest BCUT2D eigenvalue weighted by Gasteiger charge is 2.22. The van der Waals surface area contributed by atoms with Crippen molar-refractivity contribution in [2.24, 2.45) is 0 Å². The maximum atomic E-state index is 12.2. The van der Waals surface area contributed by atoms with Gasteiger partial charge in [-0.1, -0.05) is 12.1 Å². The third-order valence-electron chi connectivity index (χ3n) is 4.58. The molecule has 0 spiro atoms. The number of thiazole rings is 1. The lowest BCUT2D eigenvalue weighted by Gasteiger charge is -2.24. The minimum atomic E-state index is -0.0855. The fourth-order valence-corrected chi connectivity index (χ4v) is 4.96. The van der Waals surface area contributed by atoms with Crippen LogP contribution in [-0.2, 0) is 19.5 Å². The van der Waals surface area contributed by atoms with E-state index in [0.717, 1.165) is 43.1 Å². The summed E-state index contributed by atoms with van der Waals surface area (Å²) in [5.74, 6) is -0.0855. The van der Waals surface area contributed by atoms with Crippen LogP contribution in [-0.4, -0.2) is 31.7 Å². The van der Waals surface area contributed by atoms with E-state index in [2.05, 4.69) is 30.8 Å². The molecule has 5 heterocycles. The molecule has 27 heavy (non-hydrogen) atoms. The molecule has 0 saturated heterocycles. The number of imidazole rings is 1. The molecule has 6 nitrogen and oxygen atoms in total. The first-order valence-electron chi connectivity index (χ1n) is 8.73. The Hall–Kier alpha value is -2.55. The van der Waals surface area contributed by atoms with Crippen molar-refractivity contribution >= 4 is 39.4 Å². The van der Waals surface area contributed by atoms with Crippen molar-refractivity contribution in [3.63, 3.8) is 0 Å². The predicted molar refractivity (Wildman–Crippen MR) is 107 cm³/mol. The number of thiophene rings is 1. The highest BCUT2D eigenvalue weighted by atomic mass is 32.1. The van der Waals surface area contributed by atoms with Crippen molar-refractivity contribution in [2.75, 3.05) is 11.9 Å². The van der Waals surface area contributed by atoms with Gasteiger partial charge in [0, 0.05) is 43.3 Å². The molecule has 1 N–H and O–H groups in total. The fourth-order valence-electron chi connectivity index (χ4n) is 3.30. The number of hydrogen-bond acceptors (Lipinski definition) is 6. The quantitative estimate of drug-likeness (QED) is 0.573. The van der Waals surface area contributed by atoms with E-state index in [1.54, 1.807) is 11.3 Å². The van der Waals surface area contributed by atoms with Crippen LogP contribution in [0, 0.1) is 0 Å². The summed E-state index contributed by atoms with van der Waals surface area (Å²) in [6, 6.07) is 9.73. The topological polar surface area (TPSA) is 62.5 Å². The number of nitrogens with one attached hydrogen (secondary N) is 1. The van der Waals surface area contributed by atoms with E-state index in [9.17, 15) is 4.79 Å². The average molecular weight is 396 g/mol. The molecule has 1 amide bonds. The summed E-state index contributed by atoms with van der Waals surface area (Å²) in [5.41, 5.74) is 3.15. The molecular formula is C19H17N5OS2. The summed E-state index contributed by atoms with van der Waals surface area (Å²) in [5, 5.41) is 5.52. The Morgan fingerprint density at radius 1 is 1.22 bits per heavy atom. The van der Waals surface area contributed by atoms with Gasteiger partial charge in [-0.05, 0) is 23.6 Å². The molecule has 5 rings (SSSR count). The molecule has 136 valence electrons. The van der Waals surface area contributed by atoms with E-state index in [-0.39, 0.29) is 5.91 Å². The number of carbonyl (C=O) groups is 1. The highest BCUT2D eigenvalue weighted by Crippen LogP contribution is 2.29. The van der Waals surface area contributed by atoms with Crippen molar-refractivity contribution in [3.05, 3.63) is 69.2 Å². The van der Waals surface area contributed by atoms with Gasteiger partial charge in [0.05, 0.1) is 16.3 Å². The zero-order valence-electron chi connectivity index (χ0n) is 14.5. The number of amides is 1. The normalized spacial score (nSPS) is 14.4. The average Bonchev–Trinajstić information content (AvgIpc) is 3.40. The molecule has 8 heteroatoms. The van der Waals surface area contributed by atoms with Crippen LogP contribution in [0.5, 0.6) is 0 Å². The number of rotatable bonds is 4. The third-order valence-corrected chi connectivity index (χ3v) is 6.44. The molecule has 0 unspecified atom stereocenters. The maximum Gasteiger partial charge on any atom is 0.267 e. The Morgan fingerprint density at radius 2 is 2.19 bits per heavy atom. The molecule has 0 bridgehead atoms. The molecule has 0 atom stereocenters. The summed E-state index contributed by atoms with van der Waals surface area (Å²) in [4.78, 5) is 25.9. The summed E-state index contributed by atoms with van der Waals surface area (Å²) in [6.07, 6.45) is 5.00. The van der Waals surface area contributed by atoms with Gasteiger partial charge >= 0.3 is 0 Å². The van der Waals surface area contributed by atoms with Crippen LogP contribution in [0.1, 0.15) is 25.9 Å². The molecular weight excluding hydrogens is 378 g/mol. The summed E-state index contributed by atoms with van der Waals surface area (Å²) >= 11 is 3.01. The number of aromatic nitrogens is 3. The highest BCUT2D eigenvalue weighted by molar-refractivity contribution is 7.16. The van der Waals surface area contributed by atoms with Crippen molar-refractivity contribution in [1.29, 1.82) is 0 Å². The van der Waals surface area contributed by atoms with Gasteiger partial charge in [-0.3, -0.25) is 15.0 Å². The fraction of sp³-hybridized carbons (Fsp3) is 0.211. The second kappa shape index (κ2) is 6.88. The van der Waals surface area contributed by atoms with E-state index in [0.29, 0.717) is 10.0 Å². The van der Waals surface area contributed by atoms with Crippen LogP contribution < -0.4 is 5.32 Å². The molecule has 0 radical (unpaired) electrons. The van der Waals surface area contributed by atoms with Crippen LogP contribution in [0.25, 0.3) is 5.65 Å². The molecule has 0 saturated carbocycles. The van der Waals surface area contributed by atoms with E-state index in [1.165, 1.54) is 16.2 Å². The Balaban J connectivity index is 1.28. The monoisotopic (exact) mass is 395 g/mol. The van der Waals surface area contributed by atoms with Gasteiger partial charge in [0.15, 0.2) is 5.13 Å². The van der Waals surface area contributed by atoms with E-state index in [4.69, 9.17) is 0 Å². The van der Waals surface area contributed by atoms with E-state index >= 15 is 0 Å². The maximum absolute atomic E-state index is 12.2. The lowest BCUT2D eigenvalue weighted by atomic mass is 10.2. The summed E-state index contributed by atoms with van der Waals surface area (Å²) in [6.45, 7) is 2.61. The lowest BCUT2D eigenvalue weighted by Crippen LogP contribution is -2.29. The molecule has 4 aromatic rings. The van der Waals surface area contributed by atoms with Crippen LogP contribution in [0.2, 0.25) is 0 Å². The Bertz CT molecular complexity index is 1070. The zero-order valence-corrected chi connectivity index (χ0v) is 16.1. The summed E-state index contributed by atoms with van der Waals surface area (Å²) < 4.78 is 2.05. The van der Waals surface area contributed by atoms with E-state index < -0.39 is 0 Å². The van der Waals surface area contributed by atoms with Crippen LogP contribution >= 0.6 is 22.7 Å². The lowest BCUT2D eigenvalue weighted by molar-refractivity contribution is 0.103. The van der Waals surface area contributed by atoms with Crippen LogP contribution in [0.3, 0.4) is 0 Å². The first kappa shape index (κ1) is 16.6. The SMILES string of the molecule is O=C(Nc1nc2c(s1)CN(Cc1cn3ccccc3n1)CC2)c1cccs1. The van der Waals surface area contributed by atoms with Crippen LogP contribution in [0.15, 0.2) is 48.1 Å². The molecule has 4 aromatic heterocycles. The minimum absolute atomic E-state index is 0.0855. The Morgan fingerprint density at radius 3 is 3.04 bits per heavy atom. The summed E-state index contributed by atoms with van der Waals surface area (Å²) in [7, 11) is 0. The van der Waals surface area contributed by atoms with Crippen molar-refractivity contribution < 1.29 is 4.79 Å². The zero-order chi connectivity index (χ0) is 18.2. The van der Waals surface area contributed by atoms with Gasteiger partial charge in [-0.25, -0.2) is 9.97 Å². The smallest absolute Gasteiger partial charge is 0.267 e. The van der Waals surface area contributed by atoms with Gasteiger partial charge in [-0.2, -0.15) is 0 Å².